The van der Waals surface area contributed by atoms with Crippen LogP contribution in [0.4, 0.5) is 4.39 Å². The van der Waals surface area contributed by atoms with E-state index in [0.717, 1.165) is 6.42 Å². The first kappa shape index (κ1) is 16.6. The number of hydrogen-bond donors (Lipinski definition) is 1. The average molecular weight is 352 g/mol. The van der Waals surface area contributed by atoms with Gasteiger partial charge in [-0.25, -0.2) is 12.8 Å². The number of nitrogens with one attached hydrogen (secondary N) is 1. The molecule has 0 bridgehead atoms. The molecular formula is C13H19BrFNO2S. The van der Waals surface area contributed by atoms with E-state index in [4.69, 9.17) is 0 Å². The molecule has 0 amide bonds. The molecule has 1 aromatic carbocycles. The minimum absolute atomic E-state index is 0.342. The van der Waals surface area contributed by atoms with Crippen LogP contribution in [0, 0.1) is 5.82 Å². The van der Waals surface area contributed by atoms with Crippen LogP contribution in [0.3, 0.4) is 0 Å². The van der Waals surface area contributed by atoms with Crippen molar-refractivity contribution in [3.05, 3.63) is 34.1 Å². The lowest BCUT2D eigenvalue weighted by molar-refractivity contribution is 0.477. The van der Waals surface area contributed by atoms with Crippen LogP contribution in [-0.2, 0) is 9.84 Å². The van der Waals surface area contributed by atoms with Gasteiger partial charge in [-0.15, -0.1) is 0 Å². The van der Waals surface area contributed by atoms with Crippen molar-refractivity contribution in [1.82, 2.24) is 5.32 Å². The summed E-state index contributed by atoms with van der Waals surface area (Å²) >= 11 is 3.13. The van der Waals surface area contributed by atoms with Gasteiger partial charge in [-0.05, 0) is 41.9 Å². The molecule has 108 valence electrons. The molecular weight excluding hydrogens is 333 g/mol. The molecule has 0 aliphatic rings. The number of benzene rings is 1. The maximum absolute atomic E-state index is 14.1. The van der Waals surface area contributed by atoms with Crippen molar-refractivity contribution in [3.8, 4) is 0 Å². The molecule has 0 saturated carbocycles. The highest BCUT2D eigenvalue weighted by molar-refractivity contribution is 9.10. The molecule has 0 saturated heterocycles. The van der Waals surface area contributed by atoms with Gasteiger partial charge in [-0.3, -0.25) is 0 Å². The van der Waals surface area contributed by atoms with Gasteiger partial charge in [0.1, 0.15) is 5.82 Å². The molecule has 0 fully saturated rings. The monoisotopic (exact) mass is 351 g/mol. The largest absolute Gasteiger partial charge is 0.309 e. The number of rotatable bonds is 6. The third-order valence-corrected chi connectivity index (χ3v) is 5.31. The second-order valence-corrected chi connectivity index (χ2v) is 7.87. The van der Waals surface area contributed by atoms with Crippen molar-refractivity contribution in [2.24, 2.45) is 0 Å². The average Bonchev–Trinajstić information content (AvgIpc) is 2.33. The minimum Gasteiger partial charge on any atom is -0.309 e. The van der Waals surface area contributed by atoms with E-state index in [9.17, 15) is 12.8 Å². The first-order valence-corrected chi connectivity index (χ1v) is 8.90. The van der Waals surface area contributed by atoms with Crippen molar-refractivity contribution < 1.29 is 12.8 Å². The van der Waals surface area contributed by atoms with Crippen molar-refractivity contribution in [2.75, 3.05) is 12.8 Å². The number of sulfone groups is 1. The molecule has 0 aliphatic heterocycles. The second-order valence-electron chi connectivity index (χ2n) is 4.61. The van der Waals surface area contributed by atoms with Crippen LogP contribution in [0.1, 0.15) is 31.9 Å². The first-order chi connectivity index (χ1) is 8.79. The van der Waals surface area contributed by atoms with E-state index in [2.05, 4.69) is 21.2 Å². The molecule has 2 unspecified atom stereocenters. The molecule has 0 aromatic heterocycles. The highest BCUT2D eigenvalue weighted by atomic mass is 79.9. The second kappa shape index (κ2) is 6.81. The Hall–Kier alpha value is -0.460. The van der Waals surface area contributed by atoms with E-state index in [1.165, 1.54) is 6.26 Å². The van der Waals surface area contributed by atoms with Gasteiger partial charge in [-0.1, -0.05) is 19.1 Å². The van der Waals surface area contributed by atoms with Gasteiger partial charge >= 0.3 is 0 Å². The van der Waals surface area contributed by atoms with Crippen molar-refractivity contribution >= 4 is 25.8 Å². The van der Waals surface area contributed by atoms with Crippen LogP contribution < -0.4 is 5.32 Å². The molecule has 6 heteroatoms. The Labute approximate surface area is 122 Å². The Morgan fingerprint density at radius 3 is 2.58 bits per heavy atom. The predicted octanol–water partition coefficient (Wildman–Crippen LogP) is 3.06. The van der Waals surface area contributed by atoms with Gasteiger partial charge in [0, 0.05) is 11.8 Å². The van der Waals surface area contributed by atoms with Gasteiger partial charge in [-0.2, -0.15) is 0 Å². The third-order valence-electron chi connectivity index (χ3n) is 3.08. The third kappa shape index (κ3) is 4.26. The van der Waals surface area contributed by atoms with E-state index in [0.29, 0.717) is 16.6 Å². The summed E-state index contributed by atoms with van der Waals surface area (Å²) in [7, 11) is -3.25. The first-order valence-electron chi connectivity index (χ1n) is 6.15. The summed E-state index contributed by atoms with van der Waals surface area (Å²) in [5, 5.41) is 2.43. The maximum atomic E-state index is 14.1. The lowest BCUT2D eigenvalue weighted by Crippen LogP contribution is -2.36. The van der Waals surface area contributed by atoms with Crippen molar-refractivity contribution in [2.45, 2.75) is 31.6 Å². The van der Waals surface area contributed by atoms with Crippen LogP contribution in [-0.4, -0.2) is 26.5 Å². The zero-order valence-corrected chi connectivity index (χ0v) is 13.7. The van der Waals surface area contributed by atoms with Crippen LogP contribution >= 0.6 is 15.9 Å². The minimum atomic E-state index is -3.25. The number of hydrogen-bond acceptors (Lipinski definition) is 3. The fourth-order valence-electron chi connectivity index (χ4n) is 1.84. The summed E-state index contributed by atoms with van der Waals surface area (Å²) in [6.45, 7) is 4.21. The van der Waals surface area contributed by atoms with E-state index in [-0.39, 0.29) is 0 Å². The standard InChI is InChI=1S/C13H19BrFNO2S/c1-4-8-16-13(9(2)19(3,17)18)10-6-5-7-11(14)12(10)15/h5-7,9,13,16H,4,8H2,1-3H3. The quantitative estimate of drug-likeness (QED) is 0.856. The molecule has 1 aromatic rings. The van der Waals surface area contributed by atoms with E-state index < -0.39 is 26.9 Å². The molecule has 1 rings (SSSR count). The zero-order chi connectivity index (χ0) is 14.6. The van der Waals surface area contributed by atoms with Gasteiger partial charge in [0.15, 0.2) is 9.84 Å². The Morgan fingerprint density at radius 2 is 2.05 bits per heavy atom. The fraction of sp³-hybridized carbons (Fsp3) is 0.538. The topological polar surface area (TPSA) is 46.2 Å². The fourth-order valence-corrected chi connectivity index (χ4v) is 2.96. The zero-order valence-electron chi connectivity index (χ0n) is 11.3. The summed E-state index contributed by atoms with van der Waals surface area (Å²) in [4.78, 5) is 0. The molecule has 1 N–H and O–H groups in total. The predicted molar refractivity (Wildman–Crippen MR) is 79.4 cm³/mol. The summed E-state index contributed by atoms with van der Waals surface area (Å²) in [5.41, 5.74) is 0.376. The molecule has 0 spiro atoms. The lowest BCUT2D eigenvalue weighted by atomic mass is 10.0. The molecule has 0 aliphatic carbocycles. The summed E-state index contributed by atoms with van der Waals surface area (Å²) in [5.74, 6) is -0.411. The number of halogens is 2. The van der Waals surface area contributed by atoms with E-state index in [1.54, 1.807) is 25.1 Å². The molecule has 19 heavy (non-hydrogen) atoms. The van der Waals surface area contributed by atoms with Gasteiger partial charge < -0.3 is 5.32 Å². The molecule has 0 radical (unpaired) electrons. The van der Waals surface area contributed by atoms with Crippen molar-refractivity contribution in [3.63, 3.8) is 0 Å². The summed E-state index contributed by atoms with van der Waals surface area (Å²) in [6.07, 6.45) is 2.02. The maximum Gasteiger partial charge on any atom is 0.151 e. The smallest absolute Gasteiger partial charge is 0.151 e. The van der Waals surface area contributed by atoms with Gasteiger partial charge in [0.05, 0.1) is 15.8 Å². The normalized spacial score (nSPS) is 15.2. The highest BCUT2D eigenvalue weighted by Crippen LogP contribution is 2.28. The Kier molecular flexibility index (Phi) is 5.95. The summed E-state index contributed by atoms with van der Waals surface area (Å²) in [6, 6.07) is 4.38. The highest BCUT2D eigenvalue weighted by Gasteiger charge is 2.29. The van der Waals surface area contributed by atoms with Crippen LogP contribution in [0.5, 0.6) is 0 Å². The Morgan fingerprint density at radius 1 is 1.42 bits per heavy atom. The van der Waals surface area contributed by atoms with E-state index in [1.807, 2.05) is 6.92 Å². The molecule has 0 heterocycles. The van der Waals surface area contributed by atoms with E-state index >= 15 is 0 Å². The molecule has 2 atom stereocenters. The van der Waals surface area contributed by atoms with Crippen LogP contribution in [0.25, 0.3) is 0 Å². The Bertz CT molecular complexity index is 533. The molecule has 3 nitrogen and oxygen atoms in total. The summed E-state index contributed by atoms with van der Waals surface area (Å²) < 4.78 is 37.9. The van der Waals surface area contributed by atoms with Crippen molar-refractivity contribution in [1.29, 1.82) is 0 Å². The van der Waals surface area contributed by atoms with Crippen LogP contribution in [0.2, 0.25) is 0 Å². The Balaban J connectivity index is 3.20. The van der Waals surface area contributed by atoms with Crippen LogP contribution in [0.15, 0.2) is 22.7 Å². The lowest BCUT2D eigenvalue weighted by Gasteiger charge is -2.25. The SMILES string of the molecule is CCCNC(c1cccc(Br)c1F)C(C)S(C)(=O)=O. The van der Waals surface area contributed by atoms with Gasteiger partial charge in [0.2, 0.25) is 0 Å². The van der Waals surface area contributed by atoms with Gasteiger partial charge in [0.25, 0.3) is 0 Å².